The van der Waals surface area contributed by atoms with Crippen molar-refractivity contribution in [2.24, 2.45) is 0 Å². The van der Waals surface area contributed by atoms with E-state index in [-0.39, 0.29) is 0 Å². The van der Waals surface area contributed by atoms with Crippen molar-refractivity contribution in [3.8, 4) is 0 Å². The van der Waals surface area contributed by atoms with E-state index in [2.05, 4.69) is 26.9 Å². The monoisotopic (exact) mass is 326 g/mol. The summed E-state index contributed by atoms with van der Waals surface area (Å²) < 4.78 is 7.27. The second-order valence-electron chi connectivity index (χ2n) is 8.92. The third kappa shape index (κ3) is 4.68. The minimum atomic E-state index is -1.59. The lowest BCUT2D eigenvalue weighted by molar-refractivity contribution is 0.394. The molecule has 2 fully saturated rings. The summed E-state index contributed by atoms with van der Waals surface area (Å²) in [6.45, 7) is 10.2. The van der Waals surface area contributed by atoms with Gasteiger partial charge in [-0.15, -0.1) is 0 Å². The van der Waals surface area contributed by atoms with Gasteiger partial charge in [-0.1, -0.05) is 71.6 Å². The maximum absolute atomic E-state index is 7.27. The summed E-state index contributed by atoms with van der Waals surface area (Å²) in [5.74, 6) is 0. The number of hydrogen-bond donors (Lipinski definition) is 0. The summed E-state index contributed by atoms with van der Waals surface area (Å²) in [6.07, 6.45) is 14.4. The van der Waals surface area contributed by atoms with E-state index in [1.54, 1.807) is 0 Å². The van der Waals surface area contributed by atoms with E-state index in [1.165, 1.54) is 82.3 Å². The van der Waals surface area contributed by atoms with Crippen molar-refractivity contribution in [2.45, 2.75) is 114 Å². The molecule has 1 spiro atoms. The maximum atomic E-state index is 7.27. The molecule has 0 N–H and O–H groups in total. The minimum Gasteiger partial charge on any atom is -0.455 e. The van der Waals surface area contributed by atoms with Crippen molar-refractivity contribution in [1.82, 2.24) is 0 Å². The summed E-state index contributed by atoms with van der Waals surface area (Å²) in [7, 11) is -3.04. The summed E-state index contributed by atoms with van der Waals surface area (Å²) in [5, 5.41) is 0.497. The highest BCUT2D eigenvalue weighted by atomic mass is 28.4. The van der Waals surface area contributed by atoms with Crippen LogP contribution < -0.4 is 0 Å². The molecular weight excluding hydrogens is 288 g/mol. The van der Waals surface area contributed by atoms with E-state index in [0.717, 1.165) is 0 Å². The Hall–Kier alpha value is 0.394. The zero-order valence-corrected chi connectivity index (χ0v) is 17.1. The molecule has 3 heteroatoms. The molecule has 1 unspecified atom stereocenters. The van der Waals surface area contributed by atoms with Crippen LogP contribution >= 0.6 is 0 Å². The SMILES string of the molecule is CC1(C)CCCCCC[Si]12CCCCCCC[Si](C)(C)O2. The van der Waals surface area contributed by atoms with Gasteiger partial charge in [0.05, 0.1) is 0 Å². The summed E-state index contributed by atoms with van der Waals surface area (Å²) >= 11 is 0. The quantitative estimate of drug-likeness (QED) is 0.442. The van der Waals surface area contributed by atoms with Gasteiger partial charge in [0.1, 0.15) is 0 Å². The summed E-state index contributed by atoms with van der Waals surface area (Å²) in [4.78, 5) is 0. The Kier molecular flexibility index (Phi) is 6.18. The molecule has 2 aliphatic heterocycles. The average Bonchev–Trinajstić information content (AvgIpc) is 2.39. The predicted molar refractivity (Wildman–Crippen MR) is 99.0 cm³/mol. The lowest BCUT2D eigenvalue weighted by Gasteiger charge is -2.50. The largest absolute Gasteiger partial charge is 0.455 e. The van der Waals surface area contributed by atoms with Gasteiger partial charge in [-0.3, -0.25) is 0 Å². The zero-order chi connectivity index (χ0) is 15.4. The molecule has 0 saturated carbocycles. The van der Waals surface area contributed by atoms with Crippen LogP contribution in [-0.2, 0) is 4.12 Å². The van der Waals surface area contributed by atoms with E-state index in [9.17, 15) is 0 Å². The Balaban J connectivity index is 2.25. The van der Waals surface area contributed by atoms with Crippen LogP contribution in [0.15, 0.2) is 0 Å². The first-order chi connectivity index (χ1) is 9.87. The van der Waals surface area contributed by atoms with Crippen molar-refractivity contribution in [2.75, 3.05) is 0 Å². The Morgan fingerprint density at radius 3 is 1.76 bits per heavy atom. The van der Waals surface area contributed by atoms with Crippen LogP contribution in [0.25, 0.3) is 0 Å². The van der Waals surface area contributed by atoms with Gasteiger partial charge in [0, 0.05) is 0 Å². The molecule has 1 atom stereocenters. The van der Waals surface area contributed by atoms with Crippen molar-refractivity contribution >= 4 is 16.6 Å². The second-order valence-corrected chi connectivity index (χ2v) is 18.1. The molecule has 0 amide bonds. The molecule has 2 aliphatic rings. The normalized spacial score (nSPS) is 34.9. The van der Waals surface area contributed by atoms with Crippen molar-refractivity contribution < 1.29 is 4.12 Å². The maximum Gasteiger partial charge on any atom is 0.185 e. The van der Waals surface area contributed by atoms with Crippen molar-refractivity contribution in [1.29, 1.82) is 0 Å². The molecule has 1 nitrogen and oxygen atoms in total. The van der Waals surface area contributed by atoms with Crippen LogP contribution in [0, 0.1) is 0 Å². The fourth-order valence-corrected chi connectivity index (χ4v) is 16.2. The van der Waals surface area contributed by atoms with Gasteiger partial charge in [0.2, 0.25) is 0 Å². The molecule has 0 bridgehead atoms. The van der Waals surface area contributed by atoms with E-state index in [0.29, 0.717) is 5.04 Å². The van der Waals surface area contributed by atoms with E-state index in [1.807, 2.05) is 0 Å². The highest BCUT2D eigenvalue weighted by molar-refractivity contribution is 6.87. The van der Waals surface area contributed by atoms with E-state index in [4.69, 9.17) is 4.12 Å². The van der Waals surface area contributed by atoms with E-state index < -0.39 is 16.6 Å². The van der Waals surface area contributed by atoms with Crippen LogP contribution in [-0.4, -0.2) is 16.6 Å². The third-order valence-corrected chi connectivity index (χ3v) is 16.6. The van der Waals surface area contributed by atoms with Crippen LogP contribution in [0.1, 0.15) is 78.1 Å². The van der Waals surface area contributed by atoms with Gasteiger partial charge >= 0.3 is 0 Å². The van der Waals surface area contributed by atoms with Gasteiger partial charge in [0.25, 0.3) is 0 Å². The Morgan fingerprint density at radius 2 is 1.14 bits per heavy atom. The van der Waals surface area contributed by atoms with Gasteiger partial charge in [-0.05, 0) is 42.7 Å². The fraction of sp³-hybridized carbons (Fsp3) is 1.00. The van der Waals surface area contributed by atoms with E-state index >= 15 is 0 Å². The number of hydrogen-bond acceptors (Lipinski definition) is 1. The zero-order valence-electron chi connectivity index (χ0n) is 15.1. The van der Waals surface area contributed by atoms with Gasteiger partial charge in [0.15, 0.2) is 16.6 Å². The van der Waals surface area contributed by atoms with Gasteiger partial charge in [-0.2, -0.15) is 0 Å². The molecule has 0 aliphatic carbocycles. The van der Waals surface area contributed by atoms with Crippen LogP contribution in [0.4, 0.5) is 0 Å². The fourth-order valence-electron chi connectivity index (χ4n) is 4.67. The van der Waals surface area contributed by atoms with Gasteiger partial charge in [-0.25, -0.2) is 0 Å². The average molecular weight is 327 g/mol. The first-order valence-corrected chi connectivity index (χ1v) is 15.0. The highest BCUT2D eigenvalue weighted by Crippen LogP contribution is 2.51. The summed E-state index contributed by atoms with van der Waals surface area (Å²) in [5.41, 5.74) is 0. The lowest BCUT2D eigenvalue weighted by atomic mass is 10.0. The molecule has 2 saturated heterocycles. The lowest BCUT2D eigenvalue weighted by Crippen LogP contribution is -2.55. The van der Waals surface area contributed by atoms with Gasteiger partial charge < -0.3 is 4.12 Å². The minimum absolute atomic E-state index is 0.497. The standard InChI is InChI=1S/C18H38OSi2/c1-18(2)14-10-6-9-13-17-21(18)16-12-8-5-7-11-15-20(3,4)19-21/h5-17H2,1-4H3. The molecule has 0 aromatic carbocycles. The van der Waals surface area contributed by atoms with Crippen LogP contribution in [0.2, 0.25) is 36.3 Å². The number of rotatable bonds is 0. The molecule has 0 radical (unpaired) electrons. The van der Waals surface area contributed by atoms with Crippen molar-refractivity contribution in [3.63, 3.8) is 0 Å². The predicted octanol–water partition coefficient (Wildman–Crippen LogP) is 6.86. The smallest absolute Gasteiger partial charge is 0.185 e. The summed E-state index contributed by atoms with van der Waals surface area (Å²) in [6, 6.07) is 4.31. The Morgan fingerprint density at radius 1 is 0.667 bits per heavy atom. The van der Waals surface area contributed by atoms with Crippen LogP contribution in [0.5, 0.6) is 0 Å². The second kappa shape index (κ2) is 7.31. The van der Waals surface area contributed by atoms with Crippen molar-refractivity contribution in [3.05, 3.63) is 0 Å². The molecule has 124 valence electrons. The molecular formula is C18H38OSi2. The first-order valence-electron chi connectivity index (χ1n) is 9.57. The topological polar surface area (TPSA) is 9.23 Å². The van der Waals surface area contributed by atoms with Crippen LogP contribution in [0.3, 0.4) is 0 Å². The molecule has 0 aromatic heterocycles. The first kappa shape index (κ1) is 17.7. The molecule has 2 heterocycles. The highest BCUT2D eigenvalue weighted by Gasteiger charge is 2.50. The molecule has 0 aromatic rings. The Bertz CT molecular complexity index is 327. The molecule has 2 rings (SSSR count). The third-order valence-electron chi connectivity index (χ3n) is 6.20. The molecule has 21 heavy (non-hydrogen) atoms. The Labute approximate surface area is 135 Å².